The average Bonchev–Trinajstić information content (AvgIpc) is 3.08. The lowest BCUT2D eigenvalue weighted by molar-refractivity contribution is 0.0765. The maximum Gasteiger partial charge on any atom is 0.257 e. The Morgan fingerprint density at radius 1 is 0.969 bits per heavy atom. The third kappa shape index (κ3) is 4.68. The molecule has 0 spiro atoms. The number of sulfonamides is 1. The van der Waals surface area contributed by atoms with Crippen LogP contribution in [0.15, 0.2) is 60.8 Å². The van der Waals surface area contributed by atoms with E-state index in [1.165, 1.54) is 10.6 Å². The fourth-order valence-corrected chi connectivity index (χ4v) is 4.68. The van der Waals surface area contributed by atoms with Gasteiger partial charge in [-0.15, -0.1) is 0 Å². The summed E-state index contributed by atoms with van der Waals surface area (Å²) in [6.45, 7) is 1.53. The summed E-state index contributed by atoms with van der Waals surface area (Å²) in [4.78, 5) is 15.3. The first-order chi connectivity index (χ1) is 15.4. The number of ether oxygens (including phenoxy) is 1. The molecule has 0 unspecified atom stereocenters. The molecule has 8 nitrogen and oxygen atoms in total. The number of methoxy groups -OCH3 is 1. The quantitative estimate of drug-likeness (QED) is 0.592. The van der Waals surface area contributed by atoms with Gasteiger partial charge < -0.3 is 9.64 Å². The van der Waals surface area contributed by atoms with E-state index in [-0.39, 0.29) is 12.5 Å². The summed E-state index contributed by atoms with van der Waals surface area (Å²) < 4.78 is 32.3. The van der Waals surface area contributed by atoms with Crippen LogP contribution in [0.3, 0.4) is 0 Å². The molecule has 2 heterocycles. The Balaban J connectivity index is 1.69. The number of rotatable bonds is 5. The molecule has 32 heavy (non-hydrogen) atoms. The molecule has 0 aliphatic carbocycles. The largest absolute Gasteiger partial charge is 0.497 e. The van der Waals surface area contributed by atoms with Crippen LogP contribution in [0, 0.1) is 0 Å². The molecule has 9 heteroatoms. The number of carbonyl (C=O) groups is 1. The van der Waals surface area contributed by atoms with Gasteiger partial charge in [-0.2, -0.15) is 5.10 Å². The molecule has 168 valence electrons. The zero-order valence-corrected chi connectivity index (χ0v) is 19.0. The molecule has 1 saturated heterocycles. The maximum absolute atomic E-state index is 13.6. The third-order valence-electron chi connectivity index (χ3n) is 5.54. The van der Waals surface area contributed by atoms with E-state index in [4.69, 9.17) is 9.84 Å². The van der Waals surface area contributed by atoms with Crippen molar-refractivity contribution in [3.8, 4) is 22.7 Å². The Bertz CT molecular complexity index is 1190. The second-order valence-corrected chi connectivity index (χ2v) is 9.69. The van der Waals surface area contributed by atoms with Crippen LogP contribution in [-0.2, 0) is 10.0 Å². The zero-order chi connectivity index (χ0) is 22.7. The molecule has 1 fully saturated rings. The topological polar surface area (TPSA) is 84.7 Å². The summed E-state index contributed by atoms with van der Waals surface area (Å²) in [6, 6.07) is 17.0. The van der Waals surface area contributed by atoms with Crippen molar-refractivity contribution in [1.29, 1.82) is 0 Å². The lowest BCUT2D eigenvalue weighted by Crippen LogP contribution is -2.37. The third-order valence-corrected chi connectivity index (χ3v) is 6.84. The predicted molar refractivity (Wildman–Crippen MR) is 122 cm³/mol. The highest BCUT2D eigenvalue weighted by Crippen LogP contribution is 2.27. The average molecular weight is 455 g/mol. The minimum atomic E-state index is -3.29. The fourth-order valence-electron chi connectivity index (χ4n) is 3.80. The summed E-state index contributed by atoms with van der Waals surface area (Å²) in [5.41, 5.74) is 2.70. The highest BCUT2D eigenvalue weighted by atomic mass is 32.2. The van der Waals surface area contributed by atoms with Gasteiger partial charge in [-0.05, 0) is 42.8 Å². The minimum Gasteiger partial charge on any atom is -0.497 e. The molecule has 1 amide bonds. The molecule has 4 rings (SSSR count). The zero-order valence-electron chi connectivity index (χ0n) is 18.1. The van der Waals surface area contributed by atoms with Crippen molar-refractivity contribution >= 4 is 15.9 Å². The normalized spacial score (nSPS) is 15.4. The number of hydrogen-bond acceptors (Lipinski definition) is 5. The van der Waals surface area contributed by atoms with Crippen molar-refractivity contribution in [3.63, 3.8) is 0 Å². The van der Waals surface area contributed by atoms with Gasteiger partial charge in [0.25, 0.3) is 5.91 Å². The number of benzene rings is 2. The molecule has 0 bridgehead atoms. The lowest BCUT2D eigenvalue weighted by Gasteiger charge is -2.21. The van der Waals surface area contributed by atoms with E-state index in [2.05, 4.69) is 0 Å². The Morgan fingerprint density at radius 2 is 1.69 bits per heavy atom. The van der Waals surface area contributed by atoms with Crippen LogP contribution < -0.4 is 4.74 Å². The van der Waals surface area contributed by atoms with E-state index >= 15 is 0 Å². The molecular formula is C23H26N4O4S. The molecule has 1 aliphatic rings. The van der Waals surface area contributed by atoms with Crippen LogP contribution in [0.2, 0.25) is 0 Å². The van der Waals surface area contributed by atoms with E-state index in [9.17, 15) is 13.2 Å². The van der Waals surface area contributed by atoms with Crippen molar-refractivity contribution < 1.29 is 17.9 Å². The molecule has 1 aliphatic heterocycles. The van der Waals surface area contributed by atoms with Crippen LogP contribution in [0.4, 0.5) is 0 Å². The van der Waals surface area contributed by atoms with Gasteiger partial charge in [0.05, 0.1) is 24.6 Å². The van der Waals surface area contributed by atoms with Gasteiger partial charge >= 0.3 is 0 Å². The number of hydrogen-bond donors (Lipinski definition) is 0. The van der Waals surface area contributed by atoms with Gasteiger partial charge in [-0.3, -0.25) is 4.79 Å². The van der Waals surface area contributed by atoms with Crippen molar-refractivity contribution in [3.05, 3.63) is 66.4 Å². The molecule has 0 radical (unpaired) electrons. The Hall–Kier alpha value is -3.17. The van der Waals surface area contributed by atoms with Gasteiger partial charge in [0.1, 0.15) is 11.4 Å². The maximum atomic E-state index is 13.6. The number of aromatic nitrogens is 2. The predicted octanol–water partition coefficient (Wildman–Crippen LogP) is 2.66. The van der Waals surface area contributed by atoms with Crippen LogP contribution in [0.1, 0.15) is 16.8 Å². The van der Waals surface area contributed by atoms with Gasteiger partial charge in [0, 0.05) is 37.9 Å². The Labute approximate surface area is 188 Å². The van der Waals surface area contributed by atoms with Crippen molar-refractivity contribution in [2.75, 3.05) is 39.5 Å². The van der Waals surface area contributed by atoms with Crippen LogP contribution >= 0.6 is 0 Å². The Morgan fingerprint density at radius 3 is 2.34 bits per heavy atom. The lowest BCUT2D eigenvalue weighted by atomic mass is 10.1. The first-order valence-electron chi connectivity index (χ1n) is 10.4. The van der Waals surface area contributed by atoms with Crippen LogP contribution in [0.5, 0.6) is 5.75 Å². The summed E-state index contributed by atoms with van der Waals surface area (Å²) in [6.07, 6.45) is 3.54. The van der Waals surface area contributed by atoms with Crippen molar-refractivity contribution in [1.82, 2.24) is 19.0 Å². The summed E-state index contributed by atoms with van der Waals surface area (Å²) in [5, 5.41) is 4.72. The van der Waals surface area contributed by atoms with Crippen LogP contribution in [0.25, 0.3) is 16.9 Å². The van der Waals surface area contributed by atoms with E-state index in [0.717, 1.165) is 17.0 Å². The standard InChI is InChI=1S/C23H26N4O4S/c1-31-20-11-9-18(10-12-20)22-21(17-27(24-22)19-7-4-3-5-8-19)23(28)25-13-6-14-26(16-15-25)32(2,29)30/h3-5,7-12,17H,6,13-16H2,1-2H3. The smallest absolute Gasteiger partial charge is 0.257 e. The Kier molecular flexibility index (Phi) is 6.29. The first-order valence-corrected chi connectivity index (χ1v) is 12.3. The summed E-state index contributed by atoms with van der Waals surface area (Å²) in [5.74, 6) is 0.561. The second-order valence-electron chi connectivity index (χ2n) is 7.71. The molecule has 1 aromatic heterocycles. The molecule has 0 saturated carbocycles. The minimum absolute atomic E-state index is 0.159. The van der Waals surface area contributed by atoms with Crippen LogP contribution in [-0.4, -0.2) is 72.9 Å². The molecule has 0 atom stereocenters. The summed E-state index contributed by atoms with van der Waals surface area (Å²) >= 11 is 0. The fraction of sp³-hybridized carbons (Fsp3) is 0.304. The van der Waals surface area contributed by atoms with E-state index < -0.39 is 10.0 Å². The van der Waals surface area contributed by atoms with E-state index in [1.54, 1.807) is 22.9 Å². The number of carbonyl (C=O) groups excluding carboxylic acids is 1. The van der Waals surface area contributed by atoms with Gasteiger partial charge in [-0.25, -0.2) is 17.4 Å². The first kappa shape index (κ1) is 22.0. The molecule has 2 aromatic carbocycles. The van der Waals surface area contributed by atoms with Crippen molar-refractivity contribution in [2.24, 2.45) is 0 Å². The van der Waals surface area contributed by atoms with E-state index in [0.29, 0.717) is 37.3 Å². The highest BCUT2D eigenvalue weighted by molar-refractivity contribution is 7.88. The molecular weight excluding hydrogens is 428 g/mol. The summed E-state index contributed by atoms with van der Waals surface area (Å²) in [7, 11) is -1.68. The SMILES string of the molecule is COc1ccc(-c2nn(-c3ccccc3)cc2C(=O)N2CCCN(S(C)(=O)=O)CC2)cc1. The van der Waals surface area contributed by atoms with E-state index in [1.807, 2.05) is 54.6 Å². The number of nitrogens with zero attached hydrogens (tertiary/aromatic N) is 4. The highest BCUT2D eigenvalue weighted by Gasteiger charge is 2.27. The molecule has 0 N–H and O–H groups in total. The monoisotopic (exact) mass is 454 g/mol. The van der Waals surface area contributed by atoms with Gasteiger partial charge in [-0.1, -0.05) is 18.2 Å². The number of amides is 1. The van der Waals surface area contributed by atoms with Crippen molar-refractivity contribution in [2.45, 2.75) is 6.42 Å². The molecule has 3 aromatic rings. The van der Waals surface area contributed by atoms with Gasteiger partial charge in [0.2, 0.25) is 10.0 Å². The number of para-hydroxylation sites is 1. The second kappa shape index (κ2) is 9.13. The van der Waals surface area contributed by atoms with Gasteiger partial charge in [0.15, 0.2) is 0 Å².